The molecular weight excluding hydrogens is 202 g/mol. The molecule has 16 heavy (non-hydrogen) atoms. The van der Waals surface area contributed by atoms with Gasteiger partial charge in [-0.1, -0.05) is 0 Å². The Labute approximate surface area is 99.0 Å². The molecular formula is C12H25N3O. The molecule has 1 saturated heterocycles. The second-order valence-electron chi connectivity index (χ2n) is 5.37. The molecule has 94 valence electrons. The lowest BCUT2D eigenvalue weighted by Crippen LogP contribution is -2.50. The van der Waals surface area contributed by atoms with Crippen LogP contribution in [0.4, 0.5) is 0 Å². The maximum atomic E-state index is 12.3. The molecule has 0 bridgehead atoms. The Bertz CT molecular complexity index is 234. The number of nitrogens with zero attached hydrogens (tertiary/aromatic N) is 2. The van der Waals surface area contributed by atoms with Crippen LogP contribution in [0.15, 0.2) is 0 Å². The van der Waals surface area contributed by atoms with Crippen molar-refractivity contribution in [1.29, 1.82) is 0 Å². The van der Waals surface area contributed by atoms with E-state index in [0.717, 1.165) is 39.0 Å². The van der Waals surface area contributed by atoms with E-state index in [4.69, 9.17) is 0 Å². The number of carbonyl (C=O) groups is 1. The minimum atomic E-state index is -0.195. The number of hydrogen-bond acceptors (Lipinski definition) is 3. The van der Waals surface area contributed by atoms with Crippen molar-refractivity contribution < 1.29 is 4.79 Å². The second kappa shape index (κ2) is 5.64. The van der Waals surface area contributed by atoms with Gasteiger partial charge in [-0.25, -0.2) is 0 Å². The van der Waals surface area contributed by atoms with Gasteiger partial charge in [0.05, 0.1) is 5.41 Å². The molecule has 4 heteroatoms. The van der Waals surface area contributed by atoms with Crippen LogP contribution in [0, 0.1) is 5.41 Å². The van der Waals surface area contributed by atoms with Crippen LogP contribution in [-0.2, 0) is 4.79 Å². The minimum Gasteiger partial charge on any atom is -0.344 e. The molecule has 1 aliphatic heterocycles. The predicted octanol–water partition coefficient (Wildman–Crippen LogP) is 0.396. The lowest BCUT2D eigenvalue weighted by atomic mass is 9.81. The first-order valence-corrected chi connectivity index (χ1v) is 6.07. The molecule has 1 amide bonds. The third kappa shape index (κ3) is 3.46. The van der Waals surface area contributed by atoms with Gasteiger partial charge in [-0.2, -0.15) is 0 Å². The van der Waals surface area contributed by atoms with E-state index in [1.54, 1.807) is 0 Å². The van der Waals surface area contributed by atoms with E-state index in [0.29, 0.717) is 0 Å². The zero-order chi connectivity index (χ0) is 12.2. The molecule has 0 saturated carbocycles. The summed E-state index contributed by atoms with van der Waals surface area (Å²) in [6.45, 7) is 5.67. The molecule has 0 aromatic carbocycles. The third-order valence-electron chi connectivity index (χ3n) is 3.34. The quantitative estimate of drug-likeness (QED) is 0.755. The van der Waals surface area contributed by atoms with Gasteiger partial charge in [0, 0.05) is 26.7 Å². The largest absolute Gasteiger partial charge is 0.344 e. The highest BCUT2D eigenvalue weighted by Crippen LogP contribution is 2.27. The average Bonchev–Trinajstić information content (AvgIpc) is 2.25. The van der Waals surface area contributed by atoms with Crippen LogP contribution in [0.3, 0.4) is 0 Å². The number of hydrogen-bond donors (Lipinski definition) is 1. The summed E-state index contributed by atoms with van der Waals surface area (Å²) >= 11 is 0. The van der Waals surface area contributed by atoms with Crippen molar-refractivity contribution in [3.63, 3.8) is 0 Å². The van der Waals surface area contributed by atoms with Gasteiger partial charge in [-0.05, 0) is 40.4 Å². The number of likely N-dealkylation sites (N-methyl/N-ethyl adjacent to an activating group) is 2. The number of carbonyl (C=O) groups excluding carboxylic acids is 1. The van der Waals surface area contributed by atoms with Gasteiger partial charge in [0.2, 0.25) is 5.91 Å². The standard InChI is InChI=1S/C12H25N3O/c1-12(6-5-7-13-10-12)11(16)15(4)9-8-14(2)3/h13H,5-10H2,1-4H3. The first-order chi connectivity index (χ1) is 7.46. The number of rotatable bonds is 4. The van der Waals surface area contributed by atoms with E-state index in [-0.39, 0.29) is 11.3 Å². The Kier molecular flexibility index (Phi) is 4.74. The third-order valence-corrected chi connectivity index (χ3v) is 3.34. The molecule has 4 nitrogen and oxygen atoms in total. The first-order valence-electron chi connectivity index (χ1n) is 6.07. The monoisotopic (exact) mass is 227 g/mol. The highest BCUT2D eigenvalue weighted by Gasteiger charge is 2.36. The van der Waals surface area contributed by atoms with Gasteiger partial charge < -0.3 is 15.1 Å². The number of piperidine rings is 1. The fourth-order valence-corrected chi connectivity index (χ4v) is 2.15. The Morgan fingerprint density at radius 3 is 2.50 bits per heavy atom. The van der Waals surface area contributed by atoms with E-state index in [9.17, 15) is 4.79 Å². The van der Waals surface area contributed by atoms with E-state index in [1.807, 2.05) is 26.0 Å². The molecule has 1 unspecified atom stereocenters. The van der Waals surface area contributed by atoms with E-state index in [2.05, 4.69) is 17.1 Å². The molecule has 0 radical (unpaired) electrons. The maximum Gasteiger partial charge on any atom is 0.229 e. The van der Waals surface area contributed by atoms with Crippen molar-refractivity contribution in [1.82, 2.24) is 15.1 Å². The van der Waals surface area contributed by atoms with E-state index < -0.39 is 0 Å². The molecule has 0 spiro atoms. The van der Waals surface area contributed by atoms with Gasteiger partial charge in [0.1, 0.15) is 0 Å². The summed E-state index contributed by atoms with van der Waals surface area (Å²) in [7, 11) is 5.97. The van der Waals surface area contributed by atoms with E-state index in [1.165, 1.54) is 0 Å². The van der Waals surface area contributed by atoms with Crippen LogP contribution in [0.25, 0.3) is 0 Å². The summed E-state index contributed by atoms with van der Waals surface area (Å²) in [4.78, 5) is 16.3. The van der Waals surface area contributed by atoms with Crippen LogP contribution in [-0.4, -0.2) is 63.0 Å². The van der Waals surface area contributed by atoms with Crippen LogP contribution < -0.4 is 5.32 Å². The van der Waals surface area contributed by atoms with Crippen LogP contribution in [0.1, 0.15) is 19.8 Å². The smallest absolute Gasteiger partial charge is 0.229 e. The van der Waals surface area contributed by atoms with Crippen molar-refractivity contribution in [2.45, 2.75) is 19.8 Å². The van der Waals surface area contributed by atoms with Gasteiger partial charge in [0.15, 0.2) is 0 Å². The summed E-state index contributed by atoms with van der Waals surface area (Å²) < 4.78 is 0. The molecule has 0 aliphatic carbocycles. The maximum absolute atomic E-state index is 12.3. The van der Waals surface area contributed by atoms with Crippen LogP contribution >= 0.6 is 0 Å². The number of nitrogens with one attached hydrogen (secondary N) is 1. The Balaban J connectivity index is 2.48. The molecule has 0 aromatic heterocycles. The Hall–Kier alpha value is -0.610. The average molecular weight is 227 g/mol. The van der Waals surface area contributed by atoms with Gasteiger partial charge >= 0.3 is 0 Å². The lowest BCUT2D eigenvalue weighted by Gasteiger charge is -2.36. The molecule has 1 aliphatic rings. The molecule has 1 heterocycles. The van der Waals surface area contributed by atoms with E-state index >= 15 is 0 Å². The van der Waals surface area contributed by atoms with Gasteiger partial charge in [-0.15, -0.1) is 0 Å². The lowest BCUT2D eigenvalue weighted by molar-refractivity contribution is -0.140. The van der Waals surface area contributed by atoms with Crippen LogP contribution in [0.2, 0.25) is 0 Å². The summed E-state index contributed by atoms with van der Waals surface area (Å²) in [5.41, 5.74) is -0.195. The van der Waals surface area contributed by atoms with Crippen molar-refractivity contribution >= 4 is 5.91 Å². The van der Waals surface area contributed by atoms with Crippen molar-refractivity contribution in [3.05, 3.63) is 0 Å². The molecule has 1 N–H and O–H groups in total. The Morgan fingerprint density at radius 1 is 1.31 bits per heavy atom. The van der Waals surface area contributed by atoms with Gasteiger partial charge in [-0.3, -0.25) is 4.79 Å². The van der Waals surface area contributed by atoms with Crippen molar-refractivity contribution in [2.24, 2.45) is 5.41 Å². The van der Waals surface area contributed by atoms with Crippen molar-refractivity contribution in [3.8, 4) is 0 Å². The molecule has 0 aromatic rings. The fraction of sp³-hybridized carbons (Fsp3) is 0.917. The van der Waals surface area contributed by atoms with Crippen molar-refractivity contribution in [2.75, 3.05) is 47.3 Å². The normalized spacial score (nSPS) is 25.8. The Morgan fingerprint density at radius 2 is 2.00 bits per heavy atom. The zero-order valence-corrected chi connectivity index (χ0v) is 11.0. The fourth-order valence-electron chi connectivity index (χ4n) is 2.15. The molecule has 1 rings (SSSR count). The molecule has 1 fully saturated rings. The summed E-state index contributed by atoms with van der Waals surface area (Å²) in [5, 5.41) is 3.32. The first kappa shape index (κ1) is 13.5. The zero-order valence-electron chi connectivity index (χ0n) is 11.0. The highest BCUT2D eigenvalue weighted by molar-refractivity contribution is 5.82. The van der Waals surface area contributed by atoms with Gasteiger partial charge in [0.25, 0.3) is 0 Å². The predicted molar refractivity (Wildman–Crippen MR) is 66.4 cm³/mol. The SMILES string of the molecule is CN(C)CCN(C)C(=O)C1(C)CCCNC1. The minimum absolute atomic E-state index is 0.195. The number of amides is 1. The molecule has 1 atom stereocenters. The summed E-state index contributed by atoms with van der Waals surface area (Å²) in [6.07, 6.45) is 2.11. The summed E-state index contributed by atoms with van der Waals surface area (Å²) in [5.74, 6) is 0.279. The highest BCUT2D eigenvalue weighted by atomic mass is 16.2. The van der Waals surface area contributed by atoms with Crippen LogP contribution in [0.5, 0.6) is 0 Å². The summed E-state index contributed by atoms with van der Waals surface area (Å²) in [6, 6.07) is 0. The second-order valence-corrected chi connectivity index (χ2v) is 5.37. The topological polar surface area (TPSA) is 35.6 Å².